The molecule has 0 bridgehead atoms. The third-order valence-corrected chi connectivity index (χ3v) is 4.60. The fourth-order valence-electron chi connectivity index (χ4n) is 3.23. The number of halogens is 1. The number of rotatable bonds is 2. The summed E-state index contributed by atoms with van der Waals surface area (Å²) < 4.78 is 2.27. The van der Waals surface area contributed by atoms with E-state index >= 15 is 0 Å². The maximum absolute atomic E-state index is 13.0. The predicted octanol–water partition coefficient (Wildman–Crippen LogP) is 2.52. The second kappa shape index (κ2) is 5.60. The van der Waals surface area contributed by atoms with Crippen LogP contribution in [0.2, 0.25) is 5.02 Å². The van der Waals surface area contributed by atoms with Gasteiger partial charge < -0.3 is 14.7 Å². The molecule has 0 aliphatic rings. The highest BCUT2D eigenvalue weighted by Crippen LogP contribution is 2.30. The van der Waals surface area contributed by atoms with Crippen molar-refractivity contribution in [3.05, 3.63) is 74.0 Å². The number of carboxylic acid groups (broad SMARTS) is 1. The number of carboxylic acids is 1. The number of para-hydroxylation sites is 1. The zero-order valence-corrected chi connectivity index (χ0v) is 14.2. The molecule has 4 aromatic rings. The molecule has 0 aliphatic heterocycles. The van der Waals surface area contributed by atoms with Gasteiger partial charge in [0.15, 0.2) is 5.69 Å². The van der Waals surface area contributed by atoms with E-state index in [1.807, 2.05) is 0 Å². The van der Waals surface area contributed by atoms with Crippen LogP contribution in [0.5, 0.6) is 0 Å². The first-order valence-electron chi connectivity index (χ1n) is 7.66. The highest BCUT2D eigenvalue weighted by Gasteiger charge is 2.25. The molecule has 0 aliphatic carbocycles. The Kier molecular flexibility index (Phi) is 3.48. The molecule has 2 aromatic carbocycles. The Balaban J connectivity index is 2.27. The van der Waals surface area contributed by atoms with Gasteiger partial charge in [0.2, 0.25) is 0 Å². The summed E-state index contributed by atoms with van der Waals surface area (Å²) in [7, 11) is 1.56. The van der Waals surface area contributed by atoms with Gasteiger partial charge in [-0.3, -0.25) is 4.79 Å². The van der Waals surface area contributed by atoms with Gasteiger partial charge in [0.25, 0.3) is 5.56 Å². The molecule has 0 amide bonds. The fourth-order valence-corrected chi connectivity index (χ4v) is 3.41. The van der Waals surface area contributed by atoms with Crippen LogP contribution >= 0.6 is 11.6 Å². The topological polar surface area (TPSA) is 97.1 Å². The van der Waals surface area contributed by atoms with E-state index in [0.29, 0.717) is 21.4 Å². The number of H-pyrrole nitrogens is 1. The molecule has 2 N–H and O–H groups in total. The molecule has 0 fully saturated rings. The lowest BCUT2D eigenvalue weighted by atomic mass is 10.2. The van der Waals surface area contributed by atoms with E-state index in [-0.39, 0.29) is 16.8 Å². The van der Waals surface area contributed by atoms with Gasteiger partial charge in [-0.15, -0.1) is 0 Å². The van der Waals surface area contributed by atoms with Crippen LogP contribution < -0.4 is 11.2 Å². The van der Waals surface area contributed by atoms with E-state index in [1.165, 1.54) is 4.57 Å². The minimum atomic E-state index is -1.26. The van der Waals surface area contributed by atoms with E-state index in [9.17, 15) is 19.5 Å². The molecule has 0 unspecified atom stereocenters. The van der Waals surface area contributed by atoms with Gasteiger partial charge in [0, 0.05) is 17.5 Å². The van der Waals surface area contributed by atoms with Crippen LogP contribution in [0.4, 0.5) is 0 Å². The van der Waals surface area contributed by atoms with Gasteiger partial charge >= 0.3 is 11.7 Å². The molecule has 0 spiro atoms. The van der Waals surface area contributed by atoms with Crippen LogP contribution in [0.3, 0.4) is 0 Å². The Bertz CT molecular complexity index is 1330. The molecule has 0 saturated carbocycles. The minimum absolute atomic E-state index is 0.00509. The van der Waals surface area contributed by atoms with Crippen molar-refractivity contribution in [2.75, 3.05) is 0 Å². The molecule has 26 heavy (non-hydrogen) atoms. The van der Waals surface area contributed by atoms with Crippen molar-refractivity contribution >= 4 is 39.4 Å². The SMILES string of the molecule is Cn1c(C(=O)O)c(-n2c(=O)[nH]c3ccccc3c2=O)c2cc(Cl)ccc21. The van der Waals surface area contributed by atoms with Crippen LogP contribution in [-0.2, 0) is 7.05 Å². The highest BCUT2D eigenvalue weighted by atomic mass is 35.5. The lowest BCUT2D eigenvalue weighted by Gasteiger charge is -2.07. The van der Waals surface area contributed by atoms with Crippen LogP contribution in [0.15, 0.2) is 52.1 Å². The van der Waals surface area contributed by atoms with Crippen LogP contribution in [0, 0.1) is 0 Å². The number of hydrogen-bond donors (Lipinski definition) is 2. The van der Waals surface area contributed by atoms with Crippen LogP contribution in [0.1, 0.15) is 10.5 Å². The number of aromatic nitrogens is 3. The van der Waals surface area contributed by atoms with Crippen molar-refractivity contribution < 1.29 is 9.90 Å². The number of nitrogens with zero attached hydrogens (tertiary/aromatic N) is 2. The number of aromatic carboxylic acids is 1. The summed E-state index contributed by atoms with van der Waals surface area (Å²) >= 11 is 6.06. The summed E-state index contributed by atoms with van der Waals surface area (Å²) in [5.74, 6) is -1.26. The molecule has 2 heterocycles. The lowest BCUT2D eigenvalue weighted by molar-refractivity contribution is 0.0687. The zero-order chi connectivity index (χ0) is 18.6. The second-order valence-corrected chi connectivity index (χ2v) is 6.28. The molecule has 2 aromatic heterocycles. The standard InChI is InChI=1S/C18H12ClN3O4/c1-21-13-7-6-9(19)8-11(13)14(15(21)17(24)25)22-16(23)10-4-2-3-5-12(10)20-18(22)26/h2-8H,1H3,(H,20,26)(H,24,25). The molecule has 0 saturated heterocycles. The van der Waals surface area contributed by atoms with E-state index in [2.05, 4.69) is 4.98 Å². The fraction of sp³-hybridized carbons (Fsp3) is 0.0556. The van der Waals surface area contributed by atoms with Gasteiger partial charge in [-0.1, -0.05) is 23.7 Å². The van der Waals surface area contributed by atoms with Crippen LogP contribution in [0.25, 0.3) is 27.5 Å². The quantitative estimate of drug-likeness (QED) is 0.567. The molecular formula is C18H12ClN3O4. The maximum atomic E-state index is 13.0. The summed E-state index contributed by atoms with van der Waals surface area (Å²) in [6.45, 7) is 0. The van der Waals surface area contributed by atoms with E-state index in [0.717, 1.165) is 4.57 Å². The lowest BCUT2D eigenvalue weighted by Crippen LogP contribution is -2.34. The summed E-state index contributed by atoms with van der Waals surface area (Å²) in [5, 5.41) is 10.7. The largest absolute Gasteiger partial charge is 0.477 e. The average Bonchev–Trinajstić information content (AvgIpc) is 2.87. The Labute approximate surface area is 150 Å². The number of benzene rings is 2. The second-order valence-electron chi connectivity index (χ2n) is 5.84. The third-order valence-electron chi connectivity index (χ3n) is 4.37. The molecule has 7 nitrogen and oxygen atoms in total. The minimum Gasteiger partial charge on any atom is -0.477 e. The molecule has 0 radical (unpaired) electrons. The number of aryl methyl sites for hydroxylation is 1. The van der Waals surface area contributed by atoms with Crippen molar-refractivity contribution in [2.24, 2.45) is 7.05 Å². The van der Waals surface area contributed by atoms with Gasteiger partial charge in [-0.25, -0.2) is 14.2 Å². The Morgan fingerprint density at radius 2 is 1.85 bits per heavy atom. The number of nitrogens with one attached hydrogen (secondary N) is 1. The van der Waals surface area contributed by atoms with Gasteiger partial charge in [0.1, 0.15) is 0 Å². The van der Waals surface area contributed by atoms with Crippen molar-refractivity contribution in [1.82, 2.24) is 14.1 Å². The van der Waals surface area contributed by atoms with Gasteiger partial charge in [-0.05, 0) is 30.3 Å². The molecule has 4 rings (SSSR count). The van der Waals surface area contributed by atoms with Crippen molar-refractivity contribution in [3.8, 4) is 5.69 Å². The highest BCUT2D eigenvalue weighted by molar-refractivity contribution is 6.31. The average molecular weight is 370 g/mol. The Hall–Kier alpha value is -3.32. The van der Waals surface area contributed by atoms with E-state index in [1.54, 1.807) is 49.5 Å². The van der Waals surface area contributed by atoms with Gasteiger partial charge in [0.05, 0.1) is 22.1 Å². The van der Waals surface area contributed by atoms with Crippen molar-refractivity contribution in [3.63, 3.8) is 0 Å². The number of aromatic amines is 1. The first-order valence-corrected chi connectivity index (χ1v) is 8.03. The first-order chi connectivity index (χ1) is 12.4. The molecule has 8 heteroatoms. The summed E-state index contributed by atoms with van der Waals surface area (Å²) in [6.07, 6.45) is 0. The number of carbonyl (C=O) groups is 1. The summed E-state index contributed by atoms with van der Waals surface area (Å²) in [4.78, 5) is 40.1. The normalized spacial score (nSPS) is 11.3. The smallest absolute Gasteiger partial charge is 0.354 e. The van der Waals surface area contributed by atoms with E-state index in [4.69, 9.17) is 11.6 Å². The van der Waals surface area contributed by atoms with Crippen LogP contribution in [-0.4, -0.2) is 25.2 Å². The maximum Gasteiger partial charge on any atom is 0.354 e. The summed E-state index contributed by atoms with van der Waals surface area (Å²) in [5.41, 5.74) is -0.571. The Morgan fingerprint density at radius 3 is 2.58 bits per heavy atom. The number of hydrogen-bond acceptors (Lipinski definition) is 3. The number of fused-ring (bicyclic) bond motifs is 2. The van der Waals surface area contributed by atoms with Crippen molar-refractivity contribution in [2.45, 2.75) is 0 Å². The van der Waals surface area contributed by atoms with Crippen molar-refractivity contribution in [1.29, 1.82) is 0 Å². The monoisotopic (exact) mass is 369 g/mol. The Morgan fingerprint density at radius 1 is 1.12 bits per heavy atom. The predicted molar refractivity (Wildman–Crippen MR) is 98.6 cm³/mol. The molecule has 0 atom stereocenters. The third kappa shape index (κ3) is 2.18. The first kappa shape index (κ1) is 16.2. The zero-order valence-electron chi connectivity index (χ0n) is 13.5. The molecular weight excluding hydrogens is 358 g/mol. The molecule has 130 valence electrons. The van der Waals surface area contributed by atoms with E-state index < -0.39 is 17.2 Å². The van der Waals surface area contributed by atoms with Gasteiger partial charge in [-0.2, -0.15) is 0 Å². The summed E-state index contributed by atoms with van der Waals surface area (Å²) in [6, 6.07) is 11.4.